The molecule has 0 aliphatic heterocycles. The fourth-order valence-corrected chi connectivity index (χ4v) is 2.39. The number of thioether (sulfide) groups is 1. The third-order valence-corrected chi connectivity index (χ3v) is 3.42. The van der Waals surface area contributed by atoms with Gasteiger partial charge >= 0.3 is 0 Å². The van der Waals surface area contributed by atoms with Crippen LogP contribution < -0.4 is 5.32 Å². The highest BCUT2D eigenvalue weighted by Crippen LogP contribution is 2.13. The van der Waals surface area contributed by atoms with Crippen molar-refractivity contribution in [1.29, 1.82) is 0 Å². The van der Waals surface area contributed by atoms with E-state index in [1.165, 1.54) is 0 Å². The van der Waals surface area contributed by atoms with Crippen molar-refractivity contribution in [3.05, 3.63) is 18.5 Å². The largest absolute Gasteiger partial charge is 0.313 e. The Labute approximate surface area is 116 Å². The van der Waals surface area contributed by atoms with Crippen molar-refractivity contribution in [1.82, 2.24) is 35.3 Å². The predicted molar refractivity (Wildman–Crippen MR) is 73.9 cm³/mol. The summed E-state index contributed by atoms with van der Waals surface area (Å²) in [6.45, 7) is 6.76. The molecule has 2 aromatic heterocycles. The first-order valence-corrected chi connectivity index (χ1v) is 7.34. The van der Waals surface area contributed by atoms with Gasteiger partial charge in [0, 0.05) is 30.7 Å². The van der Waals surface area contributed by atoms with Gasteiger partial charge in [-0.05, 0) is 16.5 Å². The number of hydrogen-bond acceptors (Lipinski definition) is 6. The normalized spacial score (nSPS) is 11.3. The zero-order chi connectivity index (χ0) is 13.5. The molecule has 0 spiro atoms. The second kappa shape index (κ2) is 7.25. The van der Waals surface area contributed by atoms with E-state index >= 15 is 0 Å². The summed E-state index contributed by atoms with van der Waals surface area (Å²) in [5.74, 6) is 0.902. The van der Waals surface area contributed by atoms with Gasteiger partial charge in [0.25, 0.3) is 0 Å². The highest BCUT2D eigenvalue weighted by Gasteiger charge is 2.06. The van der Waals surface area contributed by atoms with Crippen molar-refractivity contribution in [2.45, 2.75) is 38.1 Å². The fraction of sp³-hybridized carbons (Fsp3) is 0.636. The van der Waals surface area contributed by atoms with Gasteiger partial charge in [0.2, 0.25) is 5.16 Å². The van der Waals surface area contributed by atoms with Crippen molar-refractivity contribution in [2.75, 3.05) is 12.3 Å². The number of aryl methyl sites for hydroxylation is 1. The van der Waals surface area contributed by atoms with Gasteiger partial charge in [0.1, 0.15) is 0 Å². The van der Waals surface area contributed by atoms with Gasteiger partial charge in [0.05, 0.1) is 13.1 Å². The molecular weight excluding hydrogens is 262 g/mol. The molecule has 2 rings (SSSR count). The minimum atomic E-state index is 0.479. The Morgan fingerprint density at radius 3 is 3.00 bits per heavy atom. The van der Waals surface area contributed by atoms with Crippen LogP contribution in [0.15, 0.2) is 23.6 Å². The fourth-order valence-electron chi connectivity index (χ4n) is 1.56. The number of rotatable bonds is 8. The number of hydrogen-bond donors (Lipinski definition) is 1. The maximum atomic E-state index is 4.16. The number of nitrogens with zero attached hydrogens (tertiary/aromatic N) is 6. The van der Waals surface area contributed by atoms with Crippen LogP contribution in [-0.4, -0.2) is 48.3 Å². The van der Waals surface area contributed by atoms with E-state index < -0.39 is 0 Å². The van der Waals surface area contributed by atoms with Crippen molar-refractivity contribution >= 4 is 11.8 Å². The Morgan fingerprint density at radius 2 is 2.26 bits per heavy atom. The van der Waals surface area contributed by atoms with Crippen molar-refractivity contribution in [2.24, 2.45) is 0 Å². The predicted octanol–water partition coefficient (Wildman–Crippen LogP) is 0.660. The third kappa shape index (κ3) is 4.64. The van der Waals surface area contributed by atoms with Crippen LogP contribution in [0.1, 0.15) is 13.8 Å². The molecule has 104 valence electrons. The molecule has 0 fully saturated rings. The minimum Gasteiger partial charge on any atom is -0.313 e. The average Bonchev–Trinajstić information content (AvgIpc) is 3.01. The molecule has 0 bridgehead atoms. The smallest absolute Gasteiger partial charge is 0.209 e. The van der Waals surface area contributed by atoms with Crippen LogP contribution in [0.4, 0.5) is 0 Å². The van der Waals surface area contributed by atoms with Gasteiger partial charge in [0.15, 0.2) is 0 Å². The maximum Gasteiger partial charge on any atom is 0.209 e. The van der Waals surface area contributed by atoms with Crippen LogP contribution in [0.2, 0.25) is 0 Å². The number of tetrazole rings is 1. The van der Waals surface area contributed by atoms with Crippen LogP contribution in [0.25, 0.3) is 0 Å². The van der Waals surface area contributed by atoms with E-state index in [4.69, 9.17) is 0 Å². The van der Waals surface area contributed by atoms with E-state index in [-0.39, 0.29) is 0 Å². The molecule has 0 aliphatic carbocycles. The molecule has 1 N–H and O–H groups in total. The summed E-state index contributed by atoms with van der Waals surface area (Å²) >= 11 is 1.65. The van der Waals surface area contributed by atoms with Crippen LogP contribution in [0.5, 0.6) is 0 Å². The molecule has 19 heavy (non-hydrogen) atoms. The van der Waals surface area contributed by atoms with Gasteiger partial charge in [-0.2, -0.15) is 5.10 Å². The van der Waals surface area contributed by atoms with Crippen molar-refractivity contribution < 1.29 is 0 Å². The monoisotopic (exact) mass is 281 g/mol. The van der Waals surface area contributed by atoms with E-state index in [2.05, 4.69) is 39.8 Å². The lowest BCUT2D eigenvalue weighted by Crippen LogP contribution is -2.27. The molecule has 7 nitrogen and oxygen atoms in total. The van der Waals surface area contributed by atoms with Crippen LogP contribution in [-0.2, 0) is 13.1 Å². The maximum absolute atomic E-state index is 4.16. The van der Waals surface area contributed by atoms with E-state index in [9.17, 15) is 0 Å². The standard InChI is InChI=1S/C11H19N7S/c1-10(2)12-5-7-18-11(14-15-16-18)19-9-8-17-6-3-4-13-17/h3-4,6,10,12H,5,7-9H2,1-2H3. The molecule has 0 saturated heterocycles. The molecular formula is C11H19N7S. The van der Waals surface area contributed by atoms with Crippen LogP contribution in [0.3, 0.4) is 0 Å². The van der Waals surface area contributed by atoms with E-state index in [0.717, 1.165) is 30.5 Å². The van der Waals surface area contributed by atoms with E-state index in [0.29, 0.717) is 6.04 Å². The van der Waals surface area contributed by atoms with Gasteiger partial charge in [-0.3, -0.25) is 4.68 Å². The molecule has 0 saturated carbocycles. The van der Waals surface area contributed by atoms with Crippen molar-refractivity contribution in [3.8, 4) is 0 Å². The van der Waals surface area contributed by atoms with Gasteiger partial charge in [-0.25, -0.2) is 4.68 Å². The van der Waals surface area contributed by atoms with Crippen LogP contribution in [0, 0.1) is 0 Å². The highest BCUT2D eigenvalue weighted by atomic mass is 32.2. The Kier molecular flexibility index (Phi) is 5.34. The molecule has 0 aromatic carbocycles. The first-order chi connectivity index (χ1) is 9.25. The molecule has 0 aliphatic rings. The first-order valence-electron chi connectivity index (χ1n) is 6.35. The molecule has 8 heteroatoms. The Balaban J connectivity index is 1.75. The van der Waals surface area contributed by atoms with Crippen molar-refractivity contribution in [3.63, 3.8) is 0 Å². The second-order valence-electron chi connectivity index (χ2n) is 4.41. The minimum absolute atomic E-state index is 0.479. The quantitative estimate of drug-likeness (QED) is 0.717. The molecule has 0 amide bonds. The van der Waals surface area contributed by atoms with E-state index in [1.807, 2.05) is 21.6 Å². The summed E-state index contributed by atoms with van der Waals surface area (Å²) in [5.41, 5.74) is 0. The van der Waals surface area contributed by atoms with Gasteiger partial charge in [-0.1, -0.05) is 25.6 Å². The summed E-state index contributed by atoms with van der Waals surface area (Å²) in [4.78, 5) is 0. The lowest BCUT2D eigenvalue weighted by Gasteiger charge is -2.08. The average molecular weight is 281 g/mol. The summed E-state index contributed by atoms with van der Waals surface area (Å²) in [5, 5.41) is 20.1. The molecule has 2 heterocycles. The Morgan fingerprint density at radius 1 is 1.37 bits per heavy atom. The van der Waals surface area contributed by atoms with Crippen LogP contribution >= 0.6 is 11.8 Å². The SMILES string of the molecule is CC(C)NCCn1nnnc1SCCn1cccn1. The summed E-state index contributed by atoms with van der Waals surface area (Å²) in [6.07, 6.45) is 3.74. The molecule has 0 atom stereocenters. The lowest BCUT2D eigenvalue weighted by molar-refractivity contribution is 0.485. The zero-order valence-corrected chi connectivity index (χ0v) is 12.0. The molecule has 0 radical (unpaired) electrons. The first kappa shape index (κ1) is 14.0. The Bertz CT molecular complexity index is 465. The third-order valence-electron chi connectivity index (χ3n) is 2.49. The van der Waals surface area contributed by atoms with Gasteiger partial charge in [-0.15, -0.1) is 5.10 Å². The summed E-state index contributed by atoms with van der Waals surface area (Å²) in [7, 11) is 0. The topological polar surface area (TPSA) is 73.5 Å². The summed E-state index contributed by atoms with van der Waals surface area (Å²) < 4.78 is 3.74. The second-order valence-corrected chi connectivity index (χ2v) is 5.47. The lowest BCUT2D eigenvalue weighted by atomic mass is 10.4. The highest BCUT2D eigenvalue weighted by molar-refractivity contribution is 7.99. The van der Waals surface area contributed by atoms with E-state index in [1.54, 1.807) is 18.0 Å². The summed E-state index contributed by atoms with van der Waals surface area (Å²) in [6, 6.07) is 2.40. The molecule has 0 unspecified atom stereocenters. The number of nitrogens with one attached hydrogen (secondary N) is 1. The zero-order valence-electron chi connectivity index (χ0n) is 11.2. The Hall–Kier alpha value is -1.41. The number of aromatic nitrogens is 6. The molecule has 2 aromatic rings. The van der Waals surface area contributed by atoms with Gasteiger partial charge < -0.3 is 5.32 Å².